The van der Waals surface area contributed by atoms with Gasteiger partial charge in [-0.1, -0.05) is 0 Å². The summed E-state index contributed by atoms with van der Waals surface area (Å²) in [6.45, 7) is 14.6. The van der Waals surface area contributed by atoms with E-state index in [2.05, 4.69) is 0 Å². The van der Waals surface area contributed by atoms with Gasteiger partial charge in [0, 0.05) is 0 Å². The van der Waals surface area contributed by atoms with Gasteiger partial charge in [0.15, 0.2) is 0 Å². The lowest BCUT2D eigenvalue weighted by atomic mass is 10.6. The van der Waals surface area contributed by atoms with Crippen LogP contribution in [0.2, 0.25) is 0 Å². The van der Waals surface area contributed by atoms with Crippen molar-refractivity contribution in [1.29, 1.82) is 0 Å². The molecule has 0 saturated heterocycles. The van der Waals surface area contributed by atoms with Crippen LogP contribution in [0.3, 0.4) is 0 Å². The number of hydrogen-bond acceptors (Lipinski definition) is 19. The zero-order chi connectivity index (χ0) is 38.6. The van der Waals surface area contributed by atoms with E-state index in [-0.39, 0.29) is 26.4 Å². The van der Waals surface area contributed by atoms with Gasteiger partial charge in [0.25, 0.3) is 0 Å². The predicted octanol–water partition coefficient (Wildman–Crippen LogP) is -1.81. The van der Waals surface area contributed by atoms with E-state index >= 15 is 0 Å². The molecule has 0 aromatic heterocycles. The molecule has 0 aliphatic carbocycles. The molecule has 0 rings (SSSR count). The summed E-state index contributed by atoms with van der Waals surface area (Å²) in [6, 6.07) is 0. The predicted molar refractivity (Wildman–Crippen MR) is 191 cm³/mol. The summed E-state index contributed by atoms with van der Waals surface area (Å²) < 4.78 is 78.9. The Morgan fingerprint density at radius 1 is 0.132 bits per heavy atom. The van der Waals surface area contributed by atoms with Crippen molar-refractivity contribution >= 4 is 0 Å². The van der Waals surface area contributed by atoms with E-state index in [1.807, 2.05) is 0 Å². The van der Waals surface area contributed by atoms with Crippen LogP contribution in [0.5, 0.6) is 0 Å². The fraction of sp³-hybridized carbons (Fsp3) is 1.00. The fourth-order valence-electron chi connectivity index (χ4n) is 3.32. The van der Waals surface area contributed by atoms with E-state index in [1.54, 1.807) is 0 Å². The SMILES string of the molecule is OCCOCCOCCOCCOCCOCCOCCOCCO.OCCOCCOCCOCCOCCOCCOCCOCCOCCO. The van der Waals surface area contributed by atoms with Crippen molar-refractivity contribution in [3.05, 3.63) is 0 Å². The van der Waals surface area contributed by atoms with E-state index < -0.39 is 0 Å². The van der Waals surface area contributed by atoms with E-state index in [0.29, 0.717) is 198 Å². The van der Waals surface area contributed by atoms with Crippen molar-refractivity contribution in [3.63, 3.8) is 0 Å². The molecule has 0 atom stereocenters. The summed E-state index contributed by atoms with van der Waals surface area (Å²) in [5.41, 5.74) is 0. The van der Waals surface area contributed by atoms with E-state index in [0.717, 1.165) is 0 Å². The minimum Gasteiger partial charge on any atom is -0.394 e. The van der Waals surface area contributed by atoms with Crippen molar-refractivity contribution in [3.8, 4) is 0 Å². The lowest BCUT2D eigenvalue weighted by Crippen LogP contribution is -2.15. The molecule has 0 aromatic carbocycles. The molecule has 0 heterocycles. The molecule has 0 fully saturated rings. The van der Waals surface area contributed by atoms with Crippen molar-refractivity contribution in [2.24, 2.45) is 0 Å². The van der Waals surface area contributed by atoms with Gasteiger partial charge in [-0.05, 0) is 0 Å². The normalized spacial score (nSPS) is 11.3. The Kier molecular flexibility index (Phi) is 57.0. The van der Waals surface area contributed by atoms with Crippen LogP contribution in [0.15, 0.2) is 0 Å². The zero-order valence-corrected chi connectivity index (χ0v) is 32.0. The van der Waals surface area contributed by atoms with Gasteiger partial charge in [0.2, 0.25) is 0 Å². The average Bonchev–Trinajstić information content (AvgIpc) is 3.17. The van der Waals surface area contributed by atoms with Gasteiger partial charge < -0.3 is 91.5 Å². The highest BCUT2D eigenvalue weighted by molar-refractivity contribution is 4.39. The molecule has 0 bridgehead atoms. The fourth-order valence-corrected chi connectivity index (χ4v) is 3.32. The lowest BCUT2D eigenvalue weighted by molar-refractivity contribution is -0.0244. The quantitative estimate of drug-likeness (QED) is 0.0500. The highest BCUT2D eigenvalue weighted by Crippen LogP contribution is 1.87. The second kappa shape index (κ2) is 55.6. The summed E-state index contributed by atoms with van der Waals surface area (Å²) in [4.78, 5) is 0. The molecule has 0 amide bonds. The van der Waals surface area contributed by atoms with Crippen LogP contribution < -0.4 is 0 Å². The number of aliphatic hydroxyl groups is 4. The minimum atomic E-state index is 0.0294. The molecule has 0 aromatic rings. The first-order valence-corrected chi connectivity index (χ1v) is 18.4. The van der Waals surface area contributed by atoms with Gasteiger partial charge in [-0.3, -0.25) is 0 Å². The van der Waals surface area contributed by atoms with Crippen LogP contribution in [0, 0.1) is 0 Å². The summed E-state index contributed by atoms with van der Waals surface area (Å²) >= 11 is 0. The van der Waals surface area contributed by atoms with Crippen molar-refractivity contribution in [1.82, 2.24) is 0 Å². The Bertz CT molecular complexity index is 552. The highest BCUT2D eigenvalue weighted by atomic mass is 16.6. The molecule has 19 nitrogen and oxygen atoms in total. The molecule has 0 unspecified atom stereocenters. The maximum atomic E-state index is 8.52. The Balaban J connectivity index is 0. The summed E-state index contributed by atoms with van der Waals surface area (Å²) in [7, 11) is 0. The molecule has 0 saturated carbocycles. The third-order valence-electron chi connectivity index (χ3n) is 5.78. The van der Waals surface area contributed by atoms with Gasteiger partial charge in [-0.25, -0.2) is 0 Å². The van der Waals surface area contributed by atoms with Gasteiger partial charge in [0.1, 0.15) is 0 Å². The molecule has 53 heavy (non-hydrogen) atoms. The van der Waals surface area contributed by atoms with Gasteiger partial charge in [0.05, 0.1) is 225 Å². The Labute approximate surface area is 316 Å². The Morgan fingerprint density at radius 2 is 0.208 bits per heavy atom. The van der Waals surface area contributed by atoms with E-state index in [1.165, 1.54) is 0 Å². The largest absolute Gasteiger partial charge is 0.394 e. The maximum absolute atomic E-state index is 8.52. The summed E-state index contributed by atoms with van der Waals surface area (Å²) in [6.07, 6.45) is 0. The number of ether oxygens (including phenoxy) is 15. The van der Waals surface area contributed by atoms with Crippen molar-refractivity contribution < 1.29 is 91.5 Å². The molecule has 4 N–H and O–H groups in total. The minimum absolute atomic E-state index is 0.0294. The molecule has 322 valence electrons. The molecule has 0 spiro atoms. The molecule has 19 heteroatoms. The van der Waals surface area contributed by atoms with E-state index in [9.17, 15) is 0 Å². The molecular formula is C34H72O19. The third kappa shape index (κ3) is 58.1. The third-order valence-corrected chi connectivity index (χ3v) is 5.78. The van der Waals surface area contributed by atoms with Crippen LogP contribution >= 0.6 is 0 Å². The summed E-state index contributed by atoms with van der Waals surface area (Å²) in [5.74, 6) is 0. The van der Waals surface area contributed by atoms with Crippen LogP contribution in [-0.2, 0) is 71.1 Å². The number of hydrogen-bond donors (Lipinski definition) is 4. The first-order valence-electron chi connectivity index (χ1n) is 18.4. The first kappa shape index (κ1) is 54.3. The Morgan fingerprint density at radius 3 is 0.283 bits per heavy atom. The second-order valence-corrected chi connectivity index (χ2v) is 10.1. The number of rotatable bonds is 47. The van der Waals surface area contributed by atoms with Gasteiger partial charge in [-0.15, -0.1) is 0 Å². The molecule has 0 aliphatic heterocycles. The average molecular weight is 785 g/mol. The smallest absolute Gasteiger partial charge is 0.0701 e. The topological polar surface area (TPSA) is 219 Å². The van der Waals surface area contributed by atoms with Crippen molar-refractivity contribution in [2.75, 3.05) is 225 Å². The lowest BCUT2D eigenvalue weighted by Gasteiger charge is -2.08. The van der Waals surface area contributed by atoms with Crippen LogP contribution in [-0.4, -0.2) is 245 Å². The molecule has 0 aliphatic rings. The number of aliphatic hydroxyl groups excluding tert-OH is 4. The van der Waals surface area contributed by atoms with Crippen molar-refractivity contribution in [2.45, 2.75) is 0 Å². The second-order valence-electron chi connectivity index (χ2n) is 10.1. The monoisotopic (exact) mass is 784 g/mol. The maximum Gasteiger partial charge on any atom is 0.0701 e. The summed E-state index contributed by atoms with van der Waals surface area (Å²) in [5, 5.41) is 34.0. The standard InChI is InChI=1S/C18H38O10.C16H34O9/c19-1-3-21-5-7-23-9-11-25-13-15-27-17-18-28-16-14-26-12-10-24-8-6-22-4-2-20;17-1-3-19-5-7-21-9-11-23-13-15-25-16-14-24-12-10-22-8-6-20-4-2-18/h19-20H,1-18H2;17-18H,1-16H2. The van der Waals surface area contributed by atoms with Crippen LogP contribution in [0.1, 0.15) is 0 Å². The molecule has 0 radical (unpaired) electrons. The van der Waals surface area contributed by atoms with Gasteiger partial charge in [-0.2, -0.15) is 0 Å². The first-order chi connectivity index (χ1) is 26.3. The molecular weight excluding hydrogens is 712 g/mol. The Hall–Kier alpha value is -0.760. The van der Waals surface area contributed by atoms with Crippen LogP contribution in [0.4, 0.5) is 0 Å². The van der Waals surface area contributed by atoms with E-state index in [4.69, 9.17) is 91.5 Å². The zero-order valence-electron chi connectivity index (χ0n) is 32.0. The van der Waals surface area contributed by atoms with Gasteiger partial charge >= 0.3 is 0 Å². The highest BCUT2D eigenvalue weighted by Gasteiger charge is 1.97. The van der Waals surface area contributed by atoms with Crippen LogP contribution in [0.25, 0.3) is 0 Å².